The van der Waals surface area contributed by atoms with E-state index in [1.54, 1.807) is 12.4 Å². The maximum absolute atomic E-state index is 10.3. The van der Waals surface area contributed by atoms with Crippen LogP contribution in [0.5, 0.6) is 0 Å². The van der Waals surface area contributed by atoms with Crippen LogP contribution in [0.25, 0.3) is 10.9 Å². The Morgan fingerprint density at radius 2 is 1.58 bits per heavy atom. The lowest BCUT2D eigenvalue weighted by Gasteiger charge is -2.10. The molecule has 5 rings (SSSR count). The Morgan fingerprint density at radius 1 is 0.816 bits per heavy atom. The van der Waals surface area contributed by atoms with E-state index in [0.717, 1.165) is 44.9 Å². The van der Waals surface area contributed by atoms with E-state index in [1.165, 1.54) is 14.5 Å². The Labute approximate surface area is 238 Å². The van der Waals surface area contributed by atoms with Crippen LogP contribution < -0.4 is 16.0 Å². The monoisotopic (exact) mass is 629 g/mol. The molecule has 0 saturated heterocycles. The Bertz CT molecular complexity index is 1580. The van der Waals surface area contributed by atoms with Crippen molar-refractivity contribution >= 4 is 75.9 Å². The van der Waals surface area contributed by atoms with E-state index >= 15 is 0 Å². The number of aromatic nitrogens is 2. The van der Waals surface area contributed by atoms with Gasteiger partial charge < -0.3 is 16.0 Å². The highest BCUT2D eigenvalue weighted by Crippen LogP contribution is 2.26. The average molecular weight is 630 g/mol. The normalized spacial score (nSPS) is 9.84. The zero-order chi connectivity index (χ0) is 26.6. The molecule has 2 heterocycles. The summed E-state index contributed by atoms with van der Waals surface area (Å²) in [5, 5.41) is 13.4. The van der Waals surface area contributed by atoms with E-state index in [-0.39, 0.29) is 0 Å². The molecule has 38 heavy (non-hydrogen) atoms. The van der Waals surface area contributed by atoms with E-state index < -0.39 is 0 Å². The SMILES string of the molecule is Cc1cccc(Nc2ccnc3ccc(C#CSI)cc23)c1.O=CNc1cccc(Nc2ccncc2)c1. The summed E-state index contributed by atoms with van der Waals surface area (Å²) >= 11 is 2.18. The largest absolute Gasteiger partial charge is 0.355 e. The number of carbonyl (C=O) groups is 1. The topological polar surface area (TPSA) is 78.9 Å². The van der Waals surface area contributed by atoms with E-state index in [2.05, 4.69) is 95.6 Å². The fourth-order valence-electron chi connectivity index (χ4n) is 3.65. The first-order valence-electron chi connectivity index (χ1n) is 11.6. The van der Waals surface area contributed by atoms with Crippen LogP contribution in [0.1, 0.15) is 11.1 Å². The Balaban J connectivity index is 0.000000186. The summed E-state index contributed by atoms with van der Waals surface area (Å²) in [7, 11) is 1.49. The highest BCUT2D eigenvalue weighted by atomic mass is 127. The van der Waals surface area contributed by atoms with Crippen molar-refractivity contribution in [2.45, 2.75) is 6.92 Å². The predicted molar refractivity (Wildman–Crippen MR) is 168 cm³/mol. The third kappa shape index (κ3) is 7.96. The molecule has 188 valence electrons. The van der Waals surface area contributed by atoms with Crippen molar-refractivity contribution in [3.05, 3.63) is 115 Å². The number of rotatable bonds is 6. The van der Waals surface area contributed by atoms with Crippen LogP contribution in [-0.2, 0) is 4.79 Å². The Morgan fingerprint density at radius 3 is 2.34 bits per heavy atom. The van der Waals surface area contributed by atoms with Gasteiger partial charge in [0.05, 0.1) is 5.52 Å². The van der Waals surface area contributed by atoms with Crippen molar-refractivity contribution in [3.8, 4) is 11.2 Å². The van der Waals surface area contributed by atoms with Gasteiger partial charge in [0.2, 0.25) is 6.41 Å². The van der Waals surface area contributed by atoms with Crippen molar-refractivity contribution in [2.24, 2.45) is 0 Å². The second-order valence-corrected chi connectivity index (χ2v) is 9.77. The maximum atomic E-state index is 10.3. The highest BCUT2D eigenvalue weighted by molar-refractivity contribution is 14.2. The number of halogens is 1. The van der Waals surface area contributed by atoms with Crippen molar-refractivity contribution in [1.29, 1.82) is 0 Å². The van der Waals surface area contributed by atoms with Crippen molar-refractivity contribution in [1.82, 2.24) is 9.97 Å². The molecule has 0 fully saturated rings. The molecule has 0 aliphatic rings. The number of benzene rings is 3. The van der Waals surface area contributed by atoms with E-state index in [4.69, 9.17) is 0 Å². The number of carbonyl (C=O) groups excluding carboxylic acids is 1. The number of pyridine rings is 2. The molecule has 0 bridgehead atoms. The number of hydrogen-bond donors (Lipinski definition) is 3. The summed E-state index contributed by atoms with van der Waals surface area (Å²) in [6.45, 7) is 2.09. The summed E-state index contributed by atoms with van der Waals surface area (Å²) in [5.41, 5.74) is 7.94. The van der Waals surface area contributed by atoms with Gasteiger partial charge in [0, 0.05) is 79.2 Å². The third-order valence-corrected chi connectivity index (χ3v) is 6.17. The minimum absolute atomic E-state index is 0.658. The van der Waals surface area contributed by atoms with Gasteiger partial charge in [-0.3, -0.25) is 14.8 Å². The number of hydrogen-bond acceptors (Lipinski definition) is 6. The summed E-state index contributed by atoms with van der Waals surface area (Å²) in [5.74, 6) is 3.14. The molecule has 0 radical (unpaired) electrons. The fraction of sp³-hybridized carbons (Fsp3) is 0.0333. The number of aryl methyl sites for hydroxylation is 1. The lowest BCUT2D eigenvalue weighted by Crippen LogP contribution is -1.95. The van der Waals surface area contributed by atoms with Crippen molar-refractivity contribution < 1.29 is 4.79 Å². The van der Waals surface area contributed by atoms with Crippen LogP contribution in [0.4, 0.5) is 28.4 Å². The van der Waals surface area contributed by atoms with Gasteiger partial charge in [-0.05, 0) is 93.4 Å². The van der Waals surface area contributed by atoms with E-state index in [9.17, 15) is 4.79 Å². The van der Waals surface area contributed by atoms with Crippen molar-refractivity contribution in [2.75, 3.05) is 16.0 Å². The molecule has 0 saturated carbocycles. The molecule has 1 amide bonds. The van der Waals surface area contributed by atoms with Gasteiger partial charge in [-0.25, -0.2) is 0 Å². The molecule has 5 aromatic rings. The second kappa shape index (κ2) is 14.0. The van der Waals surface area contributed by atoms with Crippen LogP contribution in [0.3, 0.4) is 0 Å². The number of anilines is 5. The molecular formula is C30H24IN5OS. The minimum atomic E-state index is 0.658. The molecule has 0 unspecified atom stereocenters. The first-order valence-corrected chi connectivity index (χ1v) is 15.0. The van der Waals surface area contributed by atoms with Gasteiger partial charge in [0.15, 0.2) is 0 Å². The summed E-state index contributed by atoms with van der Waals surface area (Å²) in [6.07, 6.45) is 5.92. The number of nitrogens with zero attached hydrogens (tertiary/aromatic N) is 2. The predicted octanol–water partition coefficient (Wildman–Crippen LogP) is 8.07. The van der Waals surface area contributed by atoms with Crippen molar-refractivity contribution in [3.63, 3.8) is 0 Å². The van der Waals surface area contributed by atoms with Gasteiger partial charge >= 0.3 is 0 Å². The van der Waals surface area contributed by atoms with Gasteiger partial charge in [-0.1, -0.05) is 24.1 Å². The molecule has 3 aromatic carbocycles. The first-order chi connectivity index (χ1) is 18.6. The van der Waals surface area contributed by atoms with Gasteiger partial charge in [-0.15, -0.1) is 0 Å². The lowest BCUT2D eigenvalue weighted by molar-refractivity contribution is -0.105. The fourth-order valence-corrected chi connectivity index (χ4v) is 4.13. The zero-order valence-electron chi connectivity index (χ0n) is 20.5. The molecule has 6 nitrogen and oxygen atoms in total. The Kier molecular flexibility index (Phi) is 9.96. The van der Waals surface area contributed by atoms with Gasteiger partial charge in [0.1, 0.15) is 0 Å². The molecule has 8 heteroatoms. The quantitative estimate of drug-likeness (QED) is 0.100. The maximum Gasteiger partial charge on any atom is 0.211 e. The second-order valence-electron chi connectivity index (χ2n) is 8.09. The average Bonchev–Trinajstić information content (AvgIpc) is 2.93. The Hall–Kier alpha value is -4.07. The highest BCUT2D eigenvalue weighted by Gasteiger charge is 2.04. The smallest absolute Gasteiger partial charge is 0.211 e. The lowest BCUT2D eigenvalue weighted by atomic mass is 10.1. The molecule has 0 atom stereocenters. The standard InChI is InChI=1S/C18H13IN2S.C12H11N3O/c1-13-3-2-4-15(11-13)21-18-7-9-20-17-6-5-14(8-10-22-19)12-16(17)18;16-9-14-11-2-1-3-12(8-11)15-10-4-6-13-7-5-10/h2-7,9,11-12H,1H3,(H,20,21);1-9H,(H,13,15)(H,14,16). The van der Waals surface area contributed by atoms with E-state index in [0.29, 0.717) is 6.41 Å². The van der Waals surface area contributed by atoms with Crippen LogP contribution in [0.15, 0.2) is 104 Å². The van der Waals surface area contributed by atoms with Crippen LogP contribution in [-0.4, -0.2) is 16.4 Å². The van der Waals surface area contributed by atoms with Gasteiger partial charge in [-0.2, -0.15) is 0 Å². The summed E-state index contributed by atoms with van der Waals surface area (Å²) < 4.78 is 0. The number of fused-ring (bicyclic) bond motifs is 1. The van der Waals surface area contributed by atoms with Gasteiger partial charge in [0.25, 0.3) is 0 Å². The summed E-state index contributed by atoms with van der Waals surface area (Å²) in [4.78, 5) is 18.7. The van der Waals surface area contributed by atoms with Crippen LogP contribution >= 0.6 is 30.1 Å². The molecule has 0 spiro atoms. The molecule has 2 aromatic heterocycles. The zero-order valence-corrected chi connectivity index (χ0v) is 23.5. The summed E-state index contributed by atoms with van der Waals surface area (Å²) in [6, 6.07) is 27.7. The minimum Gasteiger partial charge on any atom is -0.355 e. The third-order valence-electron chi connectivity index (χ3n) is 5.33. The molecular weight excluding hydrogens is 605 g/mol. The number of amides is 1. The van der Waals surface area contributed by atoms with Crippen LogP contribution in [0.2, 0.25) is 0 Å². The molecule has 3 N–H and O–H groups in total. The molecule has 0 aliphatic heterocycles. The molecule has 0 aliphatic carbocycles. The van der Waals surface area contributed by atoms with Crippen LogP contribution in [0, 0.1) is 18.1 Å². The van der Waals surface area contributed by atoms with E-state index in [1.807, 2.05) is 60.8 Å². The first kappa shape index (κ1) is 27.0. The number of nitrogens with one attached hydrogen (secondary N) is 3.